The second-order valence-electron chi connectivity index (χ2n) is 8.60. The molecule has 3 aromatic carbocycles. The van der Waals surface area contributed by atoms with Gasteiger partial charge in [-0.15, -0.1) is 0 Å². The molecule has 6 nitrogen and oxygen atoms in total. The first kappa shape index (κ1) is 24.5. The third kappa shape index (κ3) is 6.96. The molecule has 1 heterocycles. The fraction of sp³-hybridized carbons (Fsp3) is 0.357. The smallest absolute Gasteiger partial charge is 0.114 e. The normalized spacial score (nSPS) is 25.1. The van der Waals surface area contributed by atoms with Gasteiger partial charge < -0.3 is 29.7 Å². The van der Waals surface area contributed by atoms with E-state index in [2.05, 4.69) is 5.32 Å². The number of hydrogen-bond donors (Lipinski definition) is 3. The first-order valence-corrected chi connectivity index (χ1v) is 11.7. The molecule has 0 amide bonds. The van der Waals surface area contributed by atoms with Crippen LogP contribution in [0.2, 0.25) is 0 Å². The summed E-state index contributed by atoms with van der Waals surface area (Å²) in [4.78, 5) is 0. The van der Waals surface area contributed by atoms with Crippen LogP contribution in [0.15, 0.2) is 91.0 Å². The van der Waals surface area contributed by atoms with E-state index < -0.39 is 24.4 Å². The number of nitrogens with one attached hydrogen (secondary N) is 1. The molecule has 1 saturated heterocycles. The summed E-state index contributed by atoms with van der Waals surface area (Å²) in [5.41, 5.74) is 3.09. The van der Waals surface area contributed by atoms with Gasteiger partial charge in [0.15, 0.2) is 0 Å². The molecule has 0 bridgehead atoms. The molecule has 1 aliphatic rings. The third-order valence-corrected chi connectivity index (χ3v) is 6.02. The lowest BCUT2D eigenvalue weighted by atomic mass is 10.00. The van der Waals surface area contributed by atoms with Crippen LogP contribution in [0, 0.1) is 0 Å². The maximum Gasteiger partial charge on any atom is 0.114 e. The van der Waals surface area contributed by atoms with Crippen LogP contribution in [-0.2, 0) is 34.0 Å². The van der Waals surface area contributed by atoms with E-state index in [1.165, 1.54) is 0 Å². The molecule has 1 aliphatic heterocycles. The van der Waals surface area contributed by atoms with Gasteiger partial charge >= 0.3 is 0 Å². The first-order chi connectivity index (χ1) is 16.7. The topological polar surface area (TPSA) is 80.2 Å². The van der Waals surface area contributed by atoms with E-state index in [0.29, 0.717) is 26.4 Å². The summed E-state index contributed by atoms with van der Waals surface area (Å²) in [7, 11) is 0. The van der Waals surface area contributed by atoms with Gasteiger partial charge in [0, 0.05) is 6.54 Å². The Bertz CT molecular complexity index is 956. The molecule has 0 aromatic heterocycles. The number of ether oxygens (including phenoxy) is 3. The van der Waals surface area contributed by atoms with Crippen molar-refractivity contribution in [3.05, 3.63) is 108 Å². The van der Waals surface area contributed by atoms with E-state index in [0.717, 1.165) is 16.7 Å². The second-order valence-corrected chi connectivity index (χ2v) is 8.60. The van der Waals surface area contributed by atoms with Crippen LogP contribution in [0.4, 0.5) is 0 Å². The highest BCUT2D eigenvalue weighted by Gasteiger charge is 2.42. The quantitative estimate of drug-likeness (QED) is 0.429. The predicted molar refractivity (Wildman–Crippen MR) is 130 cm³/mol. The molecule has 0 aliphatic carbocycles. The SMILES string of the molecule is O[C@@H]1[C@@H](OCc2ccccc2)[C@H](OCc2ccccc2)[C@@H](COCc2ccccc2)NC[C@@H]1O. The predicted octanol–water partition coefficient (Wildman–Crippen LogP) is 3.07. The number of aliphatic hydroxyl groups excluding tert-OH is 2. The van der Waals surface area contributed by atoms with Crippen LogP contribution >= 0.6 is 0 Å². The van der Waals surface area contributed by atoms with Crippen molar-refractivity contribution < 1.29 is 24.4 Å². The van der Waals surface area contributed by atoms with Crippen molar-refractivity contribution >= 4 is 0 Å². The lowest BCUT2D eigenvalue weighted by molar-refractivity contribution is -0.157. The zero-order valence-electron chi connectivity index (χ0n) is 19.2. The average molecular weight is 464 g/mol. The first-order valence-electron chi connectivity index (χ1n) is 11.7. The summed E-state index contributed by atoms with van der Waals surface area (Å²) in [5.74, 6) is 0. The van der Waals surface area contributed by atoms with Crippen molar-refractivity contribution in [1.29, 1.82) is 0 Å². The number of benzene rings is 3. The van der Waals surface area contributed by atoms with Gasteiger partial charge in [0.25, 0.3) is 0 Å². The number of rotatable bonds is 10. The Morgan fingerprint density at radius 3 is 1.65 bits per heavy atom. The van der Waals surface area contributed by atoms with Crippen molar-refractivity contribution in [2.24, 2.45) is 0 Å². The molecule has 3 aromatic rings. The van der Waals surface area contributed by atoms with Crippen LogP contribution in [0.1, 0.15) is 16.7 Å². The molecule has 6 heteroatoms. The minimum atomic E-state index is -1.10. The van der Waals surface area contributed by atoms with Crippen LogP contribution < -0.4 is 5.32 Å². The average Bonchev–Trinajstić information content (AvgIpc) is 3.00. The largest absolute Gasteiger partial charge is 0.389 e. The van der Waals surface area contributed by atoms with Crippen molar-refractivity contribution in [2.45, 2.75) is 50.3 Å². The Balaban J connectivity index is 1.49. The zero-order chi connectivity index (χ0) is 23.6. The van der Waals surface area contributed by atoms with E-state index in [9.17, 15) is 10.2 Å². The molecule has 0 unspecified atom stereocenters. The molecule has 34 heavy (non-hydrogen) atoms. The molecule has 0 saturated carbocycles. The number of aliphatic hydroxyl groups is 2. The lowest BCUT2D eigenvalue weighted by Gasteiger charge is -2.34. The molecule has 180 valence electrons. The van der Waals surface area contributed by atoms with E-state index in [-0.39, 0.29) is 12.6 Å². The third-order valence-electron chi connectivity index (χ3n) is 6.02. The van der Waals surface area contributed by atoms with E-state index in [1.54, 1.807) is 0 Å². The van der Waals surface area contributed by atoms with Crippen molar-refractivity contribution in [2.75, 3.05) is 13.2 Å². The number of hydrogen-bond acceptors (Lipinski definition) is 6. The molecular formula is C28H33NO5. The van der Waals surface area contributed by atoms with Gasteiger partial charge in [-0.25, -0.2) is 0 Å². The van der Waals surface area contributed by atoms with Crippen molar-refractivity contribution in [1.82, 2.24) is 5.32 Å². The van der Waals surface area contributed by atoms with Crippen LogP contribution in [0.3, 0.4) is 0 Å². The van der Waals surface area contributed by atoms with Gasteiger partial charge in [0.05, 0.1) is 38.6 Å². The molecule has 4 rings (SSSR count). The monoisotopic (exact) mass is 463 g/mol. The fourth-order valence-electron chi connectivity index (χ4n) is 4.12. The molecule has 5 atom stereocenters. The minimum Gasteiger partial charge on any atom is -0.389 e. The molecular weight excluding hydrogens is 430 g/mol. The summed E-state index contributed by atoms with van der Waals surface area (Å²) in [6.07, 6.45) is -3.36. The Labute approximate surface area is 201 Å². The van der Waals surface area contributed by atoms with Crippen molar-refractivity contribution in [3.8, 4) is 0 Å². The van der Waals surface area contributed by atoms with Gasteiger partial charge in [-0.3, -0.25) is 0 Å². The maximum atomic E-state index is 10.9. The molecule has 3 N–H and O–H groups in total. The Morgan fingerprint density at radius 1 is 0.647 bits per heavy atom. The number of β-amino-alcohol motifs (C(OH)–C–C–N with tert-alkyl or cyclic N) is 1. The van der Waals surface area contributed by atoms with Gasteiger partial charge in [-0.1, -0.05) is 91.0 Å². The van der Waals surface area contributed by atoms with E-state index in [4.69, 9.17) is 14.2 Å². The summed E-state index contributed by atoms with van der Waals surface area (Å²) < 4.78 is 18.6. The van der Waals surface area contributed by atoms with Crippen LogP contribution in [0.25, 0.3) is 0 Å². The summed E-state index contributed by atoms with van der Waals surface area (Å²) in [6.45, 7) is 1.69. The maximum absolute atomic E-state index is 10.9. The minimum absolute atomic E-state index is 0.219. The van der Waals surface area contributed by atoms with Gasteiger partial charge in [-0.05, 0) is 16.7 Å². The van der Waals surface area contributed by atoms with Gasteiger partial charge in [0.2, 0.25) is 0 Å². The molecule has 1 fully saturated rings. The summed E-state index contributed by atoms with van der Waals surface area (Å²) >= 11 is 0. The Morgan fingerprint density at radius 2 is 1.12 bits per heavy atom. The molecule has 0 radical (unpaired) electrons. The highest BCUT2D eigenvalue weighted by molar-refractivity contribution is 5.15. The zero-order valence-corrected chi connectivity index (χ0v) is 19.2. The lowest BCUT2D eigenvalue weighted by Crippen LogP contribution is -2.52. The van der Waals surface area contributed by atoms with Crippen molar-refractivity contribution in [3.63, 3.8) is 0 Å². The Kier molecular flexibility index (Phi) is 9.21. The van der Waals surface area contributed by atoms with Crippen LogP contribution in [0.5, 0.6) is 0 Å². The summed E-state index contributed by atoms with van der Waals surface area (Å²) in [6, 6.07) is 29.4. The van der Waals surface area contributed by atoms with Crippen LogP contribution in [-0.4, -0.2) is 53.8 Å². The Hall–Kier alpha value is -2.58. The standard InChI is InChI=1S/C28H33NO5/c30-25-16-29-24(20-32-17-21-10-4-1-5-11-21)27(33-18-22-12-6-2-7-13-22)28(26(25)31)34-19-23-14-8-3-9-15-23/h1-15,24-31H,16-20H2/t24-,25+,26+,27-,28-/m1/s1. The highest BCUT2D eigenvalue weighted by Crippen LogP contribution is 2.22. The van der Waals surface area contributed by atoms with Gasteiger partial charge in [-0.2, -0.15) is 0 Å². The fourth-order valence-corrected chi connectivity index (χ4v) is 4.12. The van der Waals surface area contributed by atoms with Gasteiger partial charge in [0.1, 0.15) is 18.3 Å². The van der Waals surface area contributed by atoms with E-state index in [1.807, 2.05) is 91.0 Å². The van der Waals surface area contributed by atoms with E-state index >= 15 is 0 Å². The second kappa shape index (κ2) is 12.8. The molecule has 0 spiro atoms. The summed E-state index contributed by atoms with van der Waals surface area (Å²) in [5, 5.41) is 24.8. The highest BCUT2D eigenvalue weighted by atomic mass is 16.6.